The van der Waals surface area contributed by atoms with Gasteiger partial charge in [-0.2, -0.15) is 4.98 Å². The quantitative estimate of drug-likeness (QED) is 0.438. The van der Waals surface area contributed by atoms with E-state index in [9.17, 15) is 4.79 Å². The molecule has 2 aliphatic heterocycles. The summed E-state index contributed by atoms with van der Waals surface area (Å²) in [5.74, 6) is 2.33. The van der Waals surface area contributed by atoms with Crippen molar-refractivity contribution in [1.29, 1.82) is 0 Å². The summed E-state index contributed by atoms with van der Waals surface area (Å²) in [5.41, 5.74) is 2.95. The fourth-order valence-electron chi connectivity index (χ4n) is 5.08. The molecule has 1 fully saturated rings. The first-order chi connectivity index (χ1) is 18.2. The molecule has 37 heavy (non-hydrogen) atoms. The Morgan fingerprint density at radius 2 is 2.03 bits per heavy atom. The summed E-state index contributed by atoms with van der Waals surface area (Å²) in [7, 11) is 1.69. The Bertz CT molecular complexity index is 1180. The number of hydrogen-bond donors (Lipinski definition) is 2. The van der Waals surface area contributed by atoms with Gasteiger partial charge in [-0.3, -0.25) is 9.69 Å². The first-order valence-corrected chi connectivity index (χ1v) is 13.1. The average molecular weight is 502 g/mol. The van der Waals surface area contributed by atoms with Gasteiger partial charge in [0.05, 0.1) is 19.3 Å². The SMILES string of the molecule is COC[C@H](Cc1ccccc1)Nc1nccc(N(CC2CCNCC2)C(=O)c2ccc3c(c2)CCO3)n1. The molecule has 1 aromatic heterocycles. The molecule has 1 amide bonds. The lowest BCUT2D eigenvalue weighted by Gasteiger charge is -2.30. The first kappa shape index (κ1) is 25.2. The summed E-state index contributed by atoms with van der Waals surface area (Å²) < 4.78 is 11.1. The van der Waals surface area contributed by atoms with Gasteiger partial charge in [-0.1, -0.05) is 30.3 Å². The molecule has 0 spiro atoms. The molecule has 8 nitrogen and oxygen atoms in total. The maximum atomic E-state index is 13.9. The second-order valence-corrected chi connectivity index (χ2v) is 9.75. The second-order valence-electron chi connectivity index (χ2n) is 9.75. The lowest BCUT2D eigenvalue weighted by molar-refractivity contribution is 0.0980. The minimum Gasteiger partial charge on any atom is -0.493 e. The Kier molecular flexibility index (Phi) is 8.28. The van der Waals surface area contributed by atoms with E-state index < -0.39 is 0 Å². The number of nitrogens with zero attached hydrogens (tertiary/aromatic N) is 3. The van der Waals surface area contributed by atoms with Crippen LogP contribution in [0.2, 0.25) is 0 Å². The number of benzene rings is 2. The molecule has 0 aliphatic carbocycles. The number of piperidine rings is 1. The molecule has 8 heteroatoms. The molecular formula is C29H35N5O3. The number of anilines is 2. The minimum atomic E-state index is -0.0457. The van der Waals surface area contributed by atoms with Gasteiger partial charge < -0.3 is 20.1 Å². The molecule has 1 saturated heterocycles. The zero-order chi connectivity index (χ0) is 25.5. The topological polar surface area (TPSA) is 88.6 Å². The van der Waals surface area contributed by atoms with Crippen molar-refractivity contribution >= 4 is 17.7 Å². The van der Waals surface area contributed by atoms with Gasteiger partial charge in [0, 0.05) is 31.8 Å². The monoisotopic (exact) mass is 501 g/mol. The normalized spacial score (nSPS) is 16.0. The van der Waals surface area contributed by atoms with Crippen LogP contribution < -0.4 is 20.3 Å². The highest BCUT2D eigenvalue weighted by Gasteiger charge is 2.26. The van der Waals surface area contributed by atoms with Crippen molar-refractivity contribution in [2.24, 2.45) is 5.92 Å². The number of carbonyl (C=O) groups excluding carboxylic acids is 1. The number of ether oxygens (including phenoxy) is 2. The summed E-state index contributed by atoms with van der Waals surface area (Å²) in [5, 5.41) is 6.84. The Hall–Kier alpha value is -3.49. The van der Waals surface area contributed by atoms with Gasteiger partial charge in [-0.25, -0.2) is 4.98 Å². The molecular weight excluding hydrogens is 466 g/mol. The van der Waals surface area contributed by atoms with E-state index in [0.29, 0.717) is 43.0 Å². The average Bonchev–Trinajstić information content (AvgIpc) is 3.41. The van der Waals surface area contributed by atoms with Gasteiger partial charge in [0.2, 0.25) is 5.95 Å². The summed E-state index contributed by atoms with van der Waals surface area (Å²) in [6, 6.07) is 17.8. The van der Waals surface area contributed by atoms with Crippen molar-refractivity contribution < 1.29 is 14.3 Å². The van der Waals surface area contributed by atoms with E-state index in [-0.39, 0.29) is 11.9 Å². The molecule has 0 radical (unpaired) electrons. The van der Waals surface area contributed by atoms with Crippen molar-refractivity contribution in [3.63, 3.8) is 0 Å². The van der Waals surface area contributed by atoms with Crippen LogP contribution in [0.15, 0.2) is 60.8 Å². The van der Waals surface area contributed by atoms with E-state index >= 15 is 0 Å². The molecule has 2 N–H and O–H groups in total. The van der Waals surface area contributed by atoms with Crippen LogP contribution >= 0.6 is 0 Å². The Morgan fingerprint density at radius 3 is 2.84 bits per heavy atom. The van der Waals surface area contributed by atoms with Crippen LogP contribution in [0.25, 0.3) is 0 Å². The Morgan fingerprint density at radius 1 is 1.19 bits per heavy atom. The predicted octanol–water partition coefficient (Wildman–Crippen LogP) is 3.73. The molecule has 3 aromatic rings. The molecule has 1 atom stereocenters. The van der Waals surface area contributed by atoms with Gasteiger partial charge in [0.1, 0.15) is 11.6 Å². The smallest absolute Gasteiger partial charge is 0.259 e. The summed E-state index contributed by atoms with van der Waals surface area (Å²) >= 11 is 0. The van der Waals surface area contributed by atoms with E-state index in [1.165, 1.54) is 5.56 Å². The molecule has 5 rings (SSSR count). The number of hydrogen-bond acceptors (Lipinski definition) is 7. The molecule has 2 aliphatic rings. The highest BCUT2D eigenvalue weighted by Crippen LogP contribution is 2.28. The van der Waals surface area contributed by atoms with Gasteiger partial charge in [0.25, 0.3) is 5.91 Å². The highest BCUT2D eigenvalue weighted by atomic mass is 16.5. The summed E-state index contributed by atoms with van der Waals surface area (Å²) in [4.78, 5) is 25.0. The molecule has 0 unspecified atom stereocenters. The molecule has 0 bridgehead atoms. The second kappa shape index (κ2) is 12.2. The van der Waals surface area contributed by atoms with Gasteiger partial charge in [0.15, 0.2) is 0 Å². The number of aromatic nitrogens is 2. The number of rotatable bonds is 10. The zero-order valence-electron chi connectivity index (χ0n) is 21.4. The van der Waals surface area contributed by atoms with Crippen molar-refractivity contribution in [2.75, 3.05) is 50.2 Å². The summed E-state index contributed by atoms with van der Waals surface area (Å²) in [6.07, 6.45) is 5.39. The maximum absolute atomic E-state index is 13.9. The molecule has 0 saturated carbocycles. The fraction of sp³-hybridized carbons (Fsp3) is 0.414. The van der Waals surface area contributed by atoms with Crippen LogP contribution in [0, 0.1) is 5.92 Å². The van der Waals surface area contributed by atoms with E-state index in [0.717, 1.165) is 50.1 Å². The number of amides is 1. The van der Waals surface area contributed by atoms with Crippen LogP contribution in [0.3, 0.4) is 0 Å². The third-order valence-electron chi connectivity index (χ3n) is 7.02. The maximum Gasteiger partial charge on any atom is 0.259 e. The van der Waals surface area contributed by atoms with Crippen molar-refractivity contribution in [1.82, 2.24) is 15.3 Å². The van der Waals surface area contributed by atoms with Gasteiger partial charge in [-0.05, 0) is 73.7 Å². The van der Waals surface area contributed by atoms with Crippen molar-refractivity contribution in [2.45, 2.75) is 31.7 Å². The Labute approximate surface area is 218 Å². The van der Waals surface area contributed by atoms with Crippen LogP contribution in [0.5, 0.6) is 5.75 Å². The van der Waals surface area contributed by atoms with E-state index in [4.69, 9.17) is 14.5 Å². The van der Waals surface area contributed by atoms with Crippen LogP contribution in [-0.4, -0.2) is 61.9 Å². The van der Waals surface area contributed by atoms with Crippen LogP contribution in [0.1, 0.15) is 34.3 Å². The predicted molar refractivity (Wildman–Crippen MR) is 144 cm³/mol. The van der Waals surface area contributed by atoms with E-state index in [1.807, 2.05) is 47.4 Å². The van der Waals surface area contributed by atoms with Gasteiger partial charge >= 0.3 is 0 Å². The third kappa shape index (κ3) is 6.45. The van der Waals surface area contributed by atoms with Gasteiger partial charge in [-0.15, -0.1) is 0 Å². The van der Waals surface area contributed by atoms with Crippen molar-refractivity contribution in [3.8, 4) is 5.75 Å². The third-order valence-corrected chi connectivity index (χ3v) is 7.02. The standard InChI is InChI=1S/C29H35N5O3/c1-36-20-25(17-21-5-3-2-4-6-21)32-29-31-15-11-27(33-29)34(19-22-9-13-30-14-10-22)28(35)24-7-8-26-23(18-24)12-16-37-26/h2-8,11,15,18,22,25,30H,9-10,12-14,16-17,19-20H2,1H3,(H,31,32,33)/t25-/m0/s1. The lowest BCUT2D eigenvalue weighted by Crippen LogP contribution is -2.40. The van der Waals surface area contributed by atoms with Crippen LogP contribution in [0.4, 0.5) is 11.8 Å². The number of fused-ring (bicyclic) bond motifs is 1. The lowest BCUT2D eigenvalue weighted by atomic mass is 9.97. The largest absolute Gasteiger partial charge is 0.493 e. The summed E-state index contributed by atoms with van der Waals surface area (Å²) in [6.45, 7) is 3.74. The fourth-order valence-corrected chi connectivity index (χ4v) is 5.08. The number of methoxy groups -OCH3 is 1. The molecule has 3 heterocycles. The van der Waals surface area contributed by atoms with E-state index in [2.05, 4.69) is 27.8 Å². The Balaban J connectivity index is 1.39. The van der Waals surface area contributed by atoms with Crippen molar-refractivity contribution in [3.05, 3.63) is 77.5 Å². The molecule has 2 aromatic carbocycles. The highest BCUT2D eigenvalue weighted by molar-refractivity contribution is 6.05. The number of nitrogens with one attached hydrogen (secondary N) is 2. The van der Waals surface area contributed by atoms with E-state index in [1.54, 1.807) is 13.3 Å². The zero-order valence-corrected chi connectivity index (χ0v) is 21.4. The number of carbonyl (C=O) groups is 1. The first-order valence-electron chi connectivity index (χ1n) is 13.1. The van der Waals surface area contributed by atoms with Crippen LogP contribution in [-0.2, 0) is 17.6 Å². The minimum absolute atomic E-state index is 0.00655. The molecule has 194 valence electrons.